The van der Waals surface area contributed by atoms with Crippen molar-refractivity contribution in [2.24, 2.45) is 5.73 Å². The molecule has 1 saturated heterocycles. The first kappa shape index (κ1) is 13.6. The highest BCUT2D eigenvalue weighted by molar-refractivity contribution is 7.19. The number of anilines is 2. The Bertz CT molecular complexity index is 547. The van der Waals surface area contributed by atoms with Gasteiger partial charge in [0.15, 0.2) is 0 Å². The lowest BCUT2D eigenvalue weighted by molar-refractivity contribution is 0.100. The standard InChI is InChI=1S/C12H17N5OS/c1-7-6-16(2)3-4-17(7)12-8(5-13)9(14)10(19-12)11(15)18/h7H,3-4,6,14H2,1-2H3,(H2,15,18). The molecule has 19 heavy (non-hydrogen) atoms. The summed E-state index contributed by atoms with van der Waals surface area (Å²) in [6.45, 7) is 4.73. The van der Waals surface area contributed by atoms with Crippen LogP contribution in [-0.2, 0) is 0 Å². The van der Waals surface area contributed by atoms with Crippen LogP contribution in [0.2, 0.25) is 0 Å². The maximum Gasteiger partial charge on any atom is 0.261 e. The minimum Gasteiger partial charge on any atom is -0.396 e. The summed E-state index contributed by atoms with van der Waals surface area (Å²) in [4.78, 5) is 16.0. The third-order valence-electron chi connectivity index (χ3n) is 3.35. The lowest BCUT2D eigenvalue weighted by atomic mass is 10.1. The minimum absolute atomic E-state index is 0.209. The summed E-state index contributed by atoms with van der Waals surface area (Å²) in [5.41, 5.74) is 11.7. The molecule has 6 nitrogen and oxygen atoms in total. The Balaban J connectivity index is 2.42. The Morgan fingerprint density at radius 2 is 2.21 bits per heavy atom. The van der Waals surface area contributed by atoms with Crippen LogP contribution in [0.1, 0.15) is 22.2 Å². The van der Waals surface area contributed by atoms with Crippen LogP contribution >= 0.6 is 11.3 Å². The summed E-state index contributed by atoms with van der Waals surface area (Å²) in [6.07, 6.45) is 0. The van der Waals surface area contributed by atoms with Gasteiger partial charge in [-0.05, 0) is 14.0 Å². The van der Waals surface area contributed by atoms with Gasteiger partial charge in [0.1, 0.15) is 21.5 Å². The molecule has 2 heterocycles. The summed E-state index contributed by atoms with van der Waals surface area (Å²) in [6, 6.07) is 2.36. The highest BCUT2D eigenvalue weighted by Gasteiger charge is 2.28. The summed E-state index contributed by atoms with van der Waals surface area (Å²) in [7, 11) is 2.07. The molecule has 0 aliphatic carbocycles. The van der Waals surface area contributed by atoms with E-state index in [-0.39, 0.29) is 16.6 Å². The van der Waals surface area contributed by atoms with Crippen LogP contribution in [0.15, 0.2) is 0 Å². The van der Waals surface area contributed by atoms with E-state index in [2.05, 4.69) is 29.8 Å². The molecule has 1 aliphatic heterocycles. The zero-order valence-corrected chi connectivity index (χ0v) is 11.8. The Hall–Kier alpha value is -1.78. The number of hydrogen-bond acceptors (Lipinski definition) is 6. The summed E-state index contributed by atoms with van der Waals surface area (Å²) in [5.74, 6) is -0.577. The quantitative estimate of drug-likeness (QED) is 0.818. The maximum atomic E-state index is 11.3. The number of nitrogens with two attached hydrogens (primary N) is 2. The molecule has 4 N–H and O–H groups in total. The van der Waals surface area contributed by atoms with E-state index in [4.69, 9.17) is 11.5 Å². The first-order chi connectivity index (χ1) is 8.95. The number of thiophene rings is 1. The van der Waals surface area contributed by atoms with Gasteiger partial charge in [-0.1, -0.05) is 0 Å². The van der Waals surface area contributed by atoms with Crippen molar-refractivity contribution >= 4 is 27.9 Å². The molecule has 1 aromatic heterocycles. The van der Waals surface area contributed by atoms with Gasteiger partial charge in [-0.25, -0.2) is 0 Å². The SMILES string of the molecule is CC1CN(C)CCN1c1sc(C(N)=O)c(N)c1C#N. The molecule has 1 unspecified atom stereocenters. The molecule has 1 aliphatic rings. The summed E-state index contributed by atoms with van der Waals surface area (Å²) < 4.78 is 0. The maximum absolute atomic E-state index is 11.3. The number of piperazine rings is 1. The molecular weight excluding hydrogens is 262 g/mol. The van der Waals surface area contributed by atoms with Gasteiger partial charge in [0.05, 0.1) is 5.69 Å². The zero-order chi connectivity index (χ0) is 14.2. The number of carbonyl (C=O) groups is 1. The van der Waals surface area contributed by atoms with E-state index in [0.29, 0.717) is 5.56 Å². The number of nitriles is 1. The molecule has 0 radical (unpaired) electrons. The Morgan fingerprint density at radius 1 is 1.53 bits per heavy atom. The third-order valence-corrected chi connectivity index (χ3v) is 4.61. The van der Waals surface area contributed by atoms with Gasteiger partial charge in [0, 0.05) is 25.7 Å². The topological polar surface area (TPSA) is 99.4 Å². The molecule has 1 atom stereocenters. The van der Waals surface area contributed by atoms with Crippen molar-refractivity contribution < 1.29 is 4.79 Å². The largest absolute Gasteiger partial charge is 0.396 e. The predicted octanol–water partition coefficient (Wildman–Crippen LogP) is 0.441. The molecular formula is C12H17N5OS. The highest BCUT2D eigenvalue weighted by atomic mass is 32.1. The second kappa shape index (κ2) is 5.07. The first-order valence-corrected chi connectivity index (χ1v) is 6.84. The Morgan fingerprint density at radius 3 is 2.74 bits per heavy atom. The first-order valence-electron chi connectivity index (χ1n) is 6.03. The molecule has 7 heteroatoms. The highest BCUT2D eigenvalue weighted by Crippen LogP contribution is 2.38. The van der Waals surface area contributed by atoms with Crippen molar-refractivity contribution in [1.29, 1.82) is 5.26 Å². The van der Waals surface area contributed by atoms with Crippen LogP contribution in [-0.4, -0.2) is 43.5 Å². The summed E-state index contributed by atoms with van der Waals surface area (Å²) >= 11 is 1.22. The van der Waals surface area contributed by atoms with Crippen molar-refractivity contribution in [3.63, 3.8) is 0 Å². The normalized spacial score (nSPS) is 20.3. The molecule has 2 rings (SSSR count). The van der Waals surface area contributed by atoms with Crippen LogP contribution in [0.25, 0.3) is 0 Å². The number of nitrogens with zero attached hydrogens (tertiary/aromatic N) is 3. The number of hydrogen-bond donors (Lipinski definition) is 2. The van der Waals surface area contributed by atoms with Gasteiger partial charge < -0.3 is 21.3 Å². The number of nitrogen functional groups attached to an aromatic ring is 1. The van der Waals surface area contributed by atoms with Gasteiger partial charge in [0.25, 0.3) is 5.91 Å². The van der Waals surface area contributed by atoms with Crippen molar-refractivity contribution in [1.82, 2.24) is 4.90 Å². The van der Waals surface area contributed by atoms with Gasteiger partial charge in [-0.15, -0.1) is 11.3 Å². The molecule has 0 spiro atoms. The fourth-order valence-corrected chi connectivity index (χ4v) is 3.52. The van der Waals surface area contributed by atoms with E-state index < -0.39 is 5.91 Å². The van der Waals surface area contributed by atoms with Gasteiger partial charge in [-0.2, -0.15) is 5.26 Å². The van der Waals surface area contributed by atoms with Crippen LogP contribution in [0.5, 0.6) is 0 Å². The van der Waals surface area contributed by atoms with E-state index in [9.17, 15) is 10.1 Å². The van der Waals surface area contributed by atoms with Gasteiger partial charge >= 0.3 is 0 Å². The van der Waals surface area contributed by atoms with Crippen molar-refractivity contribution in [2.45, 2.75) is 13.0 Å². The molecule has 102 valence electrons. The van der Waals surface area contributed by atoms with E-state index >= 15 is 0 Å². The van der Waals surface area contributed by atoms with Crippen LogP contribution in [0.3, 0.4) is 0 Å². The lowest BCUT2D eigenvalue weighted by Crippen LogP contribution is -2.50. The predicted molar refractivity (Wildman–Crippen MR) is 76.3 cm³/mol. The second-order valence-electron chi connectivity index (χ2n) is 4.81. The number of carbonyl (C=O) groups excluding carboxylic acids is 1. The molecule has 0 saturated carbocycles. The number of rotatable bonds is 2. The Kier molecular flexibility index (Phi) is 3.64. The Labute approximate surface area is 116 Å². The molecule has 1 fully saturated rings. The van der Waals surface area contributed by atoms with Crippen molar-refractivity contribution in [2.75, 3.05) is 37.3 Å². The molecule has 1 aromatic rings. The van der Waals surface area contributed by atoms with E-state index in [1.54, 1.807) is 0 Å². The van der Waals surface area contributed by atoms with E-state index in [1.165, 1.54) is 11.3 Å². The van der Waals surface area contributed by atoms with E-state index in [0.717, 1.165) is 24.6 Å². The monoisotopic (exact) mass is 279 g/mol. The molecule has 1 amide bonds. The average molecular weight is 279 g/mol. The fraction of sp³-hybridized carbons (Fsp3) is 0.500. The van der Waals surface area contributed by atoms with Crippen LogP contribution < -0.4 is 16.4 Å². The van der Waals surface area contributed by atoms with Crippen molar-refractivity contribution in [3.8, 4) is 6.07 Å². The average Bonchev–Trinajstić information content (AvgIpc) is 2.66. The van der Waals surface area contributed by atoms with E-state index in [1.807, 2.05) is 0 Å². The number of amides is 1. The van der Waals surface area contributed by atoms with Gasteiger partial charge in [-0.3, -0.25) is 4.79 Å². The lowest BCUT2D eigenvalue weighted by Gasteiger charge is -2.39. The van der Waals surface area contributed by atoms with Crippen LogP contribution in [0.4, 0.5) is 10.7 Å². The summed E-state index contributed by atoms with van der Waals surface area (Å²) in [5, 5.41) is 10.0. The smallest absolute Gasteiger partial charge is 0.261 e. The van der Waals surface area contributed by atoms with Crippen LogP contribution in [0, 0.1) is 11.3 Å². The fourth-order valence-electron chi connectivity index (χ4n) is 2.37. The third kappa shape index (κ3) is 2.37. The minimum atomic E-state index is -0.577. The zero-order valence-electron chi connectivity index (χ0n) is 11.0. The second-order valence-corrected chi connectivity index (χ2v) is 5.80. The number of primary amides is 1. The number of likely N-dealkylation sites (N-methyl/N-ethyl adjacent to an activating group) is 1. The van der Waals surface area contributed by atoms with Crippen molar-refractivity contribution in [3.05, 3.63) is 10.4 Å². The van der Waals surface area contributed by atoms with Gasteiger partial charge in [0.2, 0.25) is 0 Å². The molecule has 0 bridgehead atoms. The molecule has 0 aromatic carbocycles.